The van der Waals surface area contributed by atoms with E-state index in [-0.39, 0.29) is 22.0 Å². The summed E-state index contributed by atoms with van der Waals surface area (Å²) in [7, 11) is 0. The number of carbonyl (C=O) groups is 1. The van der Waals surface area contributed by atoms with E-state index >= 15 is 0 Å². The Kier molecular flexibility index (Phi) is 7.25. The highest BCUT2D eigenvalue weighted by atomic mass is 32.2. The summed E-state index contributed by atoms with van der Waals surface area (Å²) in [5.74, 6) is -2.93. The lowest BCUT2D eigenvalue weighted by Crippen LogP contribution is -2.49. The fourth-order valence-electron chi connectivity index (χ4n) is 3.70. The van der Waals surface area contributed by atoms with Crippen LogP contribution < -0.4 is 10.0 Å². The number of benzene rings is 1. The molecule has 164 valence electrons. The SMILES string of the molecule is CC(C)(C)[S@+]([O-])NC1c2c(F)cccc2CC12CCNCC2.O=C(O)C(F)(F)F. The first-order valence-corrected chi connectivity index (χ1v) is 10.4. The molecule has 0 radical (unpaired) electrons. The van der Waals surface area contributed by atoms with E-state index in [1.54, 1.807) is 6.07 Å². The maximum Gasteiger partial charge on any atom is 0.490 e. The topological polar surface area (TPSA) is 84.4 Å². The second-order valence-corrected chi connectivity index (χ2v) is 10.3. The van der Waals surface area contributed by atoms with Gasteiger partial charge in [0.15, 0.2) is 0 Å². The van der Waals surface area contributed by atoms with E-state index in [1.807, 2.05) is 26.8 Å². The molecule has 0 bridgehead atoms. The zero-order valence-electron chi connectivity index (χ0n) is 16.5. The molecule has 1 aliphatic carbocycles. The van der Waals surface area contributed by atoms with Crippen LogP contribution in [0.5, 0.6) is 0 Å². The number of aliphatic carboxylic acids is 1. The second kappa shape index (κ2) is 8.79. The molecule has 1 aromatic rings. The van der Waals surface area contributed by atoms with Gasteiger partial charge in [0.05, 0.1) is 6.04 Å². The summed E-state index contributed by atoms with van der Waals surface area (Å²) in [4.78, 5) is 8.90. The van der Waals surface area contributed by atoms with Crippen LogP contribution in [0.2, 0.25) is 0 Å². The lowest BCUT2D eigenvalue weighted by molar-refractivity contribution is -0.192. The van der Waals surface area contributed by atoms with Gasteiger partial charge in [-0.3, -0.25) is 0 Å². The Morgan fingerprint density at radius 2 is 1.83 bits per heavy atom. The van der Waals surface area contributed by atoms with Gasteiger partial charge in [-0.1, -0.05) is 12.1 Å². The molecular weight excluding hydrogens is 412 g/mol. The second-order valence-electron chi connectivity index (χ2n) is 8.34. The highest BCUT2D eigenvalue weighted by molar-refractivity contribution is 7.90. The minimum Gasteiger partial charge on any atom is -0.598 e. The van der Waals surface area contributed by atoms with E-state index < -0.39 is 23.5 Å². The first kappa shape index (κ1) is 23.9. The molecule has 2 aliphatic rings. The van der Waals surface area contributed by atoms with Crippen LogP contribution in [-0.4, -0.2) is 39.6 Å². The van der Waals surface area contributed by atoms with Crippen molar-refractivity contribution in [1.82, 2.24) is 10.0 Å². The Bertz CT molecular complexity index is 731. The molecule has 0 saturated carbocycles. The molecule has 1 heterocycles. The first-order chi connectivity index (χ1) is 13.3. The fraction of sp³-hybridized carbons (Fsp3) is 0.632. The van der Waals surface area contributed by atoms with Gasteiger partial charge in [-0.25, -0.2) is 9.18 Å². The average molecular weight is 438 g/mol. The molecule has 5 nitrogen and oxygen atoms in total. The number of piperidine rings is 1. The highest BCUT2D eigenvalue weighted by Gasteiger charge is 2.50. The monoisotopic (exact) mass is 438 g/mol. The number of carboxylic acids is 1. The van der Waals surface area contributed by atoms with E-state index in [2.05, 4.69) is 10.0 Å². The Balaban J connectivity index is 0.000000370. The highest BCUT2D eigenvalue weighted by Crippen LogP contribution is 2.52. The van der Waals surface area contributed by atoms with Crippen LogP contribution in [0.4, 0.5) is 17.6 Å². The van der Waals surface area contributed by atoms with Gasteiger partial charge in [0.25, 0.3) is 0 Å². The zero-order chi connectivity index (χ0) is 22.0. The minimum absolute atomic E-state index is 0.0172. The van der Waals surface area contributed by atoms with Gasteiger partial charge in [0.1, 0.15) is 10.6 Å². The predicted molar refractivity (Wildman–Crippen MR) is 102 cm³/mol. The van der Waals surface area contributed by atoms with Gasteiger partial charge < -0.3 is 15.0 Å². The molecule has 1 unspecified atom stereocenters. The van der Waals surface area contributed by atoms with Gasteiger partial charge in [0.2, 0.25) is 0 Å². The van der Waals surface area contributed by atoms with E-state index in [4.69, 9.17) is 9.90 Å². The van der Waals surface area contributed by atoms with Crippen molar-refractivity contribution in [2.75, 3.05) is 13.1 Å². The van der Waals surface area contributed by atoms with Crippen LogP contribution in [0.3, 0.4) is 0 Å². The van der Waals surface area contributed by atoms with Crippen LogP contribution in [0.15, 0.2) is 18.2 Å². The van der Waals surface area contributed by atoms with Crippen LogP contribution >= 0.6 is 0 Å². The van der Waals surface area contributed by atoms with Crippen LogP contribution in [0.25, 0.3) is 0 Å². The van der Waals surface area contributed by atoms with Gasteiger partial charge in [-0.05, 0) is 64.8 Å². The summed E-state index contributed by atoms with van der Waals surface area (Å²) in [5, 5.41) is 10.5. The molecule has 0 amide bonds. The molecule has 1 aromatic carbocycles. The number of hydrogen-bond donors (Lipinski definition) is 3. The van der Waals surface area contributed by atoms with Gasteiger partial charge in [-0.2, -0.15) is 13.2 Å². The molecule has 2 atom stereocenters. The molecule has 0 aromatic heterocycles. The van der Waals surface area contributed by atoms with Gasteiger partial charge in [0, 0.05) is 22.3 Å². The van der Waals surface area contributed by atoms with E-state index in [0.29, 0.717) is 0 Å². The van der Waals surface area contributed by atoms with Crippen molar-refractivity contribution in [3.05, 3.63) is 35.1 Å². The summed E-state index contributed by atoms with van der Waals surface area (Å²) in [6, 6.07) is 5.16. The number of carboxylic acid groups (broad SMARTS) is 1. The summed E-state index contributed by atoms with van der Waals surface area (Å²) in [6.45, 7) is 7.72. The number of halogens is 4. The summed E-state index contributed by atoms with van der Waals surface area (Å²) in [5.41, 5.74) is 1.80. The van der Waals surface area contributed by atoms with Crippen molar-refractivity contribution in [2.24, 2.45) is 5.41 Å². The number of fused-ring (bicyclic) bond motifs is 1. The molecule has 10 heteroatoms. The molecule has 1 spiro atoms. The average Bonchev–Trinajstić information content (AvgIpc) is 2.88. The number of alkyl halides is 3. The largest absolute Gasteiger partial charge is 0.598 e. The Labute approximate surface area is 170 Å². The molecule has 1 saturated heterocycles. The van der Waals surface area contributed by atoms with Crippen LogP contribution in [0, 0.1) is 11.2 Å². The third-order valence-electron chi connectivity index (χ3n) is 5.21. The molecular formula is C19H26F4N2O3S. The van der Waals surface area contributed by atoms with Crippen molar-refractivity contribution in [2.45, 2.75) is 57.0 Å². The number of rotatable bonds is 2. The van der Waals surface area contributed by atoms with Crippen molar-refractivity contribution < 1.29 is 32.0 Å². The van der Waals surface area contributed by atoms with Crippen LogP contribution in [0.1, 0.15) is 50.8 Å². The number of nitrogens with one attached hydrogen (secondary N) is 2. The summed E-state index contributed by atoms with van der Waals surface area (Å²) in [6.07, 6.45) is -2.24. The normalized spacial score (nSPS) is 21.9. The fourth-order valence-corrected chi connectivity index (χ4v) is 4.64. The molecule has 1 fully saturated rings. The van der Waals surface area contributed by atoms with Crippen molar-refractivity contribution >= 4 is 17.3 Å². The predicted octanol–water partition coefficient (Wildman–Crippen LogP) is 3.48. The Morgan fingerprint density at radius 1 is 1.28 bits per heavy atom. The van der Waals surface area contributed by atoms with E-state index in [0.717, 1.165) is 43.5 Å². The quantitative estimate of drug-likeness (QED) is 0.486. The van der Waals surface area contributed by atoms with Crippen molar-refractivity contribution in [3.63, 3.8) is 0 Å². The lowest BCUT2D eigenvalue weighted by Gasteiger charge is -2.40. The van der Waals surface area contributed by atoms with E-state index in [1.165, 1.54) is 6.07 Å². The standard InChI is InChI=1S/C17H25FN2OS.C2HF3O2/c1-16(2,3)22(21)20-15-14-12(5-4-6-13(14)18)11-17(15)7-9-19-10-8-17;3-2(4,5)1(6)7/h4-6,15,19-20H,7-11H2,1-3H3;(H,6,7)/t15?,22-;/m0./s1. The third-order valence-corrected chi connectivity index (χ3v) is 6.77. The smallest absolute Gasteiger partial charge is 0.490 e. The zero-order valence-corrected chi connectivity index (χ0v) is 17.3. The Morgan fingerprint density at radius 3 is 2.31 bits per heavy atom. The summed E-state index contributed by atoms with van der Waals surface area (Å²) >= 11 is -1.21. The summed E-state index contributed by atoms with van der Waals surface area (Å²) < 4.78 is 61.8. The first-order valence-electron chi connectivity index (χ1n) is 9.24. The maximum atomic E-state index is 14.5. The maximum absolute atomic E-state index is 14.5. The lowest BCUT2D eigenvalue weighted by atomic mass is 9.73. The van der Waals surface area contributed by atoms with Gasteiger partial charge in [-0.15, -0.1) is 4.72 Å². The Hall–Kier alpha value is -1.36. The number of hydrogen-bond acceptors (Lipinski definition) is 4. The molecule has 3 rings (SSSR count). The van der Waals surface area contributed by atoms with E-state index in [9.17, 15) is 22.1 Å². The van der Waals surface area contributed by atoms with Gasteiger partial charge >= 0.3 is 12.1 Å². The van der Waals surface area contributed by atoms with Crippen molar-refractivity contribution in [1.29, 1.82) is 0 Å². The molecule has 29 heavy (non-hydrogen) atoms. The third kappa shape index (κ3) is 5.62. The minimum atomic E-state index is -5.08. The molecule has 1 aliphatic heterocycles. The van der Waals surface area contributed by atoms with Crippen molar-refractivity contribution in [3.8, 4) is 0 Å². The molecule has 3 N–H and O–H groups in total. The van der Waals surface area contributed by atoms with Crippen LogP contribution in [-0.2, 0) is 22.6 Å².